The van der Waals surface area contributed by atoms with Crippen LogP contribution in [0.25, 0.3) is 6.08 Å². The summed E-state index contributed by atoms with van der Waals surface area (Å²) in [5.74, 6) is 0.238. The summed E-state index contributed by atoms with van der Waals surface area (Å²) in [5.41, 5.74) is 2.25. The van der Waals surface area contributed by atoms with Crippen LogP contribution in [0.5, 0.6) is 11.5 Å². The van der Waals surface area contributed by atoms with Crippen molar-refractivity contribution in [2.75, 3.05) is 12.4 Å². The molecule has 1 aromatic heterocycles. The molecule has 1 atom stereocenters. The molecule has 4 aromatic rings. The number of carbonyl (C=O) groups excluding carboxylic acids is 1. The summed E-state index contributed by atoms with van der Waals surface area (Å²) in [6.45, 7) is 1.76. The molecule has 1 aliphatic heterocycles. The van der Waals surface area contributed by atoms with Crippen molar-refractivity contribution in [1.82, 2.24) is 4.57 Å². The Morgan fingerprint density at radius 3 is 2.68 bits per heavy atom. The summed E-state index contributed by atoms with van der Waals surface area (Å²) in [5, 5.41) is 13.6. The molecule has 0 spiro atoms. The number of para-hydroxylation sites is 1. The Morgan fingerprint density at radius 2 is 1.92 bits per heavy atom. The fourth-order valence-electron chi connectivity index (χ4n) is 4.24. The Kier molecular flexibility index (Phi) is 6.69. The number of allylic oxidation sites excluding steroid dienone is 1. The molecule has 37 heavy (non-hydrogen) atoms. The van der Waals surface area contributed by atoms with E-state index < -0.39 is 6.04 Å². The van der Waals surface area contributed by atoms with Crippen LogP contribution in [-0.2, 0) is 4.79 Å². The minimum absolute atomic E-state index is 0.00121. The van der Waals surface area contributed by atoms with Gasteiger partial charge < -0.3 is 15.2 Å². The third-order valence-corrected chi connectivity index (χ3v) is 7.20. The van der Waals surface area contributed by atoms with Crippen molar-refractivity contribution in [2.24, 2.45) is 4.99 Å². The minimum Gasteiger partial charge on any atom is -0.507 e. The van der Waals surface area contributed by atoms with Gasteiger partial charge in [-0.15, -0.1) is 0 Å². The molecular formula is C28H22ClN3O4S. The van der Waals surface area contributed by atoms with E-state index in [9.17, 15) is 14.7 Å². The van der Waals surface area contributed by atoms with E-state index in [0.717, 1.165) is 0 Å². The fraction of sp³-hybridized carbons (Fsp3) is 0.107. The molecule has 0 fully saturated rings. The van der Waals surface area contributed by atoms with E-state index in [-0.39, 0.29) is 17.2 Å². The lowest BCUT2D eigenvalue weighted by molar-refractivity contribution is -0.113. The topological polar surface area (TPSA) is 92.9 Å². The smallest absolute Gasteiger partial charge is 0.271 e. The molecule has 0 radical (unpaired) electrons. The van der Waals surface area contributed by atoms with E-state index in [1.807, 2.05) is 30.3 Å². The van der Waals surface area contributed by atoms with Crippen LogP contribution in [0.15, 0.2) is 93.9 Å². The zero-order valence-electron chi connectivity index (χ0n) is 19.9. The Labute approximate surface area is 221 Å². The molecule has 9 heteroatoms. The highest BCUT2D eigenvalue weighted by Gasteiger charge is 2.32. The highest BCUT2D eigenvalue weighted by molar-refractivity contribution is 7.07. The highest BCUT2D eigenvalue weighted by atomic mass is 35.5. The number of methoxy groups -OCH3 is 1. The van der Waals surface area contributed by atoms with Crippen LogP contribution >= 0.6 is 22.9 Å². The summed E-state index contributed by atoms with van der Waals surface area (Å²) in [7, 11) is 1.56. The van der Waals surface area contributed by atoms with Crippen molar-refractivity contribution in [2.45, 2.75) is 13.0 Å². The number of fused-ring (bicyclic) bond motifs is 1. The van der Waals surface area contributed by atoms with Gasteiger partial charge in [0, 0.05) is 16.3 Å². The summed E-state index contributed by atoms with van der Waals surface area (Å²) in [6, 6.07) is 20.3. The maximum absolute atomic E-state index is 13.8. The molecule has 0 bridgehead atoms. The molecule has 0 saturated carbocycles. The third-order valence-electron chi connectivity index (χ3n) is 5.98. The van der Waals surface area contributed by atoms with Crippen LogP contribution < -0.4 is 24.9 Å². The van der Waals surface area contributed by atoms with Crippen LogP contribution in [0.1, 0.15) is 24.1 Å². The van der Waals surface area contributed by atoms with Gasteiger partial charge in [0.2, 0.25) is 0 Å². The zero-order chi connectivity index (χ0) is 26.1. The number of phenols is 1. The van der Waals surface area contributed by atoms with Gasteiger partial charge >= 0.3 is 0 Å². The molecule has 0 aliphatic carbocycles. The van der Waals surface area contributed by atoms with Gasteiger partial charge in [0.1, 0.15) is 11.5 Å². The second-order valence-electron chi connectivity index (χ2n) is 8.38. The molecule has 3 aromatic carbocycles. The van der Waals surface area contributed by atoms with E-state index in [1.165, 1.54) is 22.0 Å². The van der Waals surface area contributed by atoms with Gasteiger partial charge in [0.05, 0.1) is 29.0 Å². The van der Waals surface area contributed by atoms with E-state index in [4.69, 9.17) is 16.3 Å². The lowest BCUT2D eigenvalue weighted by Crippen LogP contribution is -2.40. The molecule has 0 unspecified atom stereocenters. The summed E-state index contributed by atoms with van der Waals surface area (Å²) < 4.78 is 7.28. The summed E-state index contributed by atoms with van der Waals surface area (Å²) >= 11 is 7.28. The van der Waals surface area contributed by atoms with Crippen molar-refractivity contribution in [3.63, 3.8) is 0 Å². The number of hydrogen-bond donors (Lipinski definition) is 2. The van der Waals surface area contributed by atoms with Crippen molar-refractivity contribution in [3.8, 4) is 11.5 Å². The monoisotopic (exact) mass is 531 g/mol. The van der Waals surface area contributed by atoms with Gasteiger partial charge in [-0.3, -0.25) is 14.2 Å². The number of aromatic nitrogens is 1. The van der Waals surface area contributed by atoms with Gasteiger partial charge in [0.25, 0.3) is 11.5 Å². The second-order valence-corrected chi connectivity index (χ2v) is 9.83. The van der Waals surface area contributed by atoms with Gasteiger partial charge in [-0.05, 0) is 61.0 Å². The van der Waals surface area contributed by atoms with Gasteiger partial charge in [0.15, 0.2) is 4.80 Å². The first-order valence-corrected chi connectivity index (χ1v) is 12.6. The quantitative estimate of drug-likeness (QED) is 0.403. The summed E-state index contributed by atoms with van der Waals surface area (Å²) in [4.78, 5) is 32.4. The average molecular weight is 532 g/mol. The first-order chi connectivity index (χ1) is 17.9. The first-order valence-electron chi connectivity index (χ1n) is 11.4. The van der Waals surface area contributed by atoms with Crippen LogP contribution in [0, 0.1) is 0 Å². The SMILES string of the molecule is COc1cccc([C@H]2C(C(=O)Nc3ccccc3)=C(C)N=c3s/c(=C\c4cc(Cl)ccc4O)c(=O)n32)c1. The number of halogens is 1. The molecule has 186 valence electrons. The lowest BCUT2D eigenvalue weighted by atomic mass is 9.95. The Morgan fingerprint density at radius 1 is 1.14 bits per heavy atom. The van der Waals surface area contributed by atoms with Crippen molar-refractivity contribution in [3.05, 3.63) is 120 Å². The number of benzene rings is 3. The number of nitrogens with one attached hydrogen (secondary N) is 1. The van der Waals surface area contributed by atoms with Crippen molar-refractivity contribution in [1.29, 1.82) is 0 Å². The zero-order valence-corrected chi connectivity index (χ0v) is 21.5. The maximum Gasteiger partial charge on any atom is 0.271 e. The Bertz CT molecular complexity index is 1720. The molecule has 2 heterocycles. The van der Waals surface area contributed by atoms with Gasteiger partial charge in [-0.25, -0.2) is 4.99 Å². The maximum atomic E-state index is 13.8. The van der Waals surface area contributed by atoms with E-state index >= 15 is 0 Å². The Hall–Kier alpha value is -4.14. The minimum atomic E-state index is -0.745. The molecule has 2 N–H and O–H groups in total. The molecule has 1 amide bonds. The van der Waals surface area contributed by atoms with Crippen molar-refractivity contribution >= 4 is 40.6 Å². The van der Waals surface area contributed by atoms with E-state index in [0.29, 0.717) is 48.2 Å². The molecule has 1 aliphatic rings. The first kappa shape index (κ1) is 24.5. The van der Waals surface area contributed by atoms with Crippen LogP contribution in [-0.4, -0.2) is 22.7 Å². The number of nitrogens with zero attached hydrogens (tertiary/aromatic N) is 2. The largest absolute Gasteiger partial charge is 0.507 e. The number of amides is 1. The second kappa shape index (κ2) is 10.1. The summed E-state index contributed by atoms with van der Waals surface area (Å²) in [6.07, 6.45) is 1.58. The number of carbonyl (C=O) groups is 1. The third kappa shape index (κ3) is 4.81. The predicted octanol–water partition coefficient (Wildman–Crippen LogP) is 4.24. The van der Waals surface area contributed by atoms with Crippen molar-refractivity contribution < 1.29 is 14.6 Å². The normalized spacial score (nSPS) is 15.2. The number of aromatic hydroxyl groups is 1. The number of rotatable bonds is 5. The number of phenolic OH excluding ortho intramolecular Hbond substituents is 1. The molecule has 0 saturated heterocycles. The predicted molar refractivity (Wildman–Crippen MR) is 145 cm³/mol. The van der Waals surface area contributed by atoms with Crippen LogP contribution in [0.2, 0.25) is 5.02 Å². The van der Waals surface area contributed by atoms with E-state index in [1.54, 1.807) is 56.5 Å². The molecule has 5 rings (SSSR count). The number of anilines is 1. The fourth-order valence-corrected chi connectivity index (χ4v) is 5.46. The average Bonchev–Trinajstić information content (AvgIpc) is 3.20. The Balaban J connectivity index is 1.71. The van der Waals surface area contributed by atoms with Crippen LogP contribution in [0.3, 0.4) is 0 Å². The number of thiazole rings is 1. The standard InChI is InChI=1S/C28H22ClN3O4S/c1-16-24(26(34)31-20-8-4-3-5-9-20)25(17-7-6-10-21(14-17)36-2)32-27(35)23(37-28(32)30-16)15-18-13-19(29)11-12-22(18)33/h3-15,25,33H,1-2H3,(H,31,34)/b23-15-/t25-/m0/s1. The van der Waals surface area contributed by atoms with E-state index in [2.05, 4.69) is 10.3 Å². The number of ether oxygens (including phenoxy) is 1. The van der Waals surface area contributed by atoms with Gasteiger partial charge in [-0.1, -0.05) is 53.3 Å². The molecular weight excluding hydrogens is 510 g/mol. The molecule has 7 nitrogen and oxygen atoms in total. The highest BCUT2D eigenvalue weighted by Crippen LogP contribution is 2.32. The van der Waals surface area contributed by atoms with Gasteiger partial charge in [-0.2, -0.15) is 0 Å². The lowest BCUT2D eigenvalue weighted by Gasteiger charge is -2.25. The van der Waals surface area contributed by atoms with Crippen LogP contribution in [0.4, 0.5) is 5.69 Å². The number of hydrogen-bond acceptors (Lipinski definition) is 6.